The summed E-state index contributed by atoms with van der Waals surface area (Å²) in [7, 11) is 1.75. The molecule has 0 unspecified atom stereocenters. The Bertz CT molecular complexity index is 739. The number of hydrogen-bond donors (Lipinski definition) is 1. The molecule has 1 N–H and O–H groups in total. The zero-order valence-corrected chi connectivity index (χ0v) is 15.1. The molecule has 0 aliphatic carbocycles. The minimum absolute atomic E-state index is 0.0556. The number of aromatic carboxylic acids is 1. The van der Waals surface area contributed by atoms with Crippen LogP contribution in [0.3, 0.4) is 0 Å². The average molecular weight is 394 g/mol. The molecule has 0 bridgehead atoms. The van der Waals surface area contributed by atoms with Crippen molar-refractivity contribution in [2.75, 3.05) is 32.8 Å². The second-order valence-electron chi connectivity index (χ2n) is 5.85. The zero-order chi connectivity index (χ0) is 17.1. The summed E-state index contributed by atoms with van der Waals surface area (Å²) in [6.07, 6.45) is 0.965. The van der Waals surface area contributed by atoms with Gasteiger partial charge in [-0.15, -0.1) is 0 Å². The van der Waals surface area contributed by atoms with Crippen molar-refractivity contribution in [2.24, 2.45) is 7.05 Å². The molecule has 0 amide bonds. The lowest BCUT2D eigenvalue weighted by molar-refractivity contribution is 0.0384. The molecule has 6 nitrogen and oxygen atoms in total. The molecule has 1 fully saturated rings. The molecule has 2 heterocycles. The maximum atomic E-state index is 11.1. The molecule has 7 heteroatoms. The van der Waals surface area contributed by atoms with E-state index in [0.29, 0.717) is 0 Å². The van der Waals surface area contributed by atoms with Gasteiger partial charge < -0.3 is 9.84 Å². The third-order valence-corrected chi connectivity index (χ3v) is 4.99. The highest BCUT2D eigenvalue weighted by atomic mass is 79.9. The van der Waals surface area contributed by atoms with Gasteiger partial charge in [0.25, 0.3) is 0 Å². The second-order valence-corrected chi connectivity index (χ2v) is 6.71. The number of carboxylic acids is 1. The molecule has 2 aromatic rings. The SMILES string of the molecule is Cn1nc(C(=O)O)cc1-c1ccc(CCN2CCOCC2)c(Br)c1. The first-order valence-corrected chi connectivity index (χ1v) is 8.70. The zero-order valence-electron chi connectivity index (χ0n) is 13.5. The molecular weight excluding hydrogens is 374 g/mol. The van der Waals surface area contributed by atoms with E-state index in [4.69, 9.17) is 9.84 Å². The smallest absolute Gasteiger partial charge is 0.356 e. The molecule has 1 aromatic heterocycles. The second kappa shape index (κ2) is 7.46. The number of carboxylic acid groups (broad SMARTS) is 1. The first-order chi connectivity index (χ1) is 11.5. The largest absolute Gasteiger partial charge is 0.476 e. The molecule has 3 rings (SSSR count). The van der Waals surface area contributed by atoms with Crippen LogP contribution in [-0.2, 0) is 18.2 Å². The number of ether oxygens (including phenoxy) is 1. The predicted octanol–water partition coefficient (Wildman–Crippen LogP) is 2.42. The highest BCUT2D eigenvalue weighted by Gasteiger charge is 2.14. The number of rotatable bonds is 5. The number of nitrogens with zero attached hydrogens (tertiary/aromatic N) is 3. The summed E-state index contributed by atoms with van der Waals surface area (Å²) in [5.41, 5.74) is 3.03. The van der Waals surface area contributed by atoms with E-state index in [1.165, 1.54) is 5.56 Å². The third kappa shape index (κ3) is 3.85. The minimum Gasteiger partial charge on any atom is -0.476 e. The van der Waals surface area contributed by atoms with E-state index in [1.807, 2.05) is 12.1 Å². The van der Waals surface area contributed by atoms with Crippen LogP contribution >= 0.6 is 15.9 Å². The number of aryl methyl sites for hydroxylation is 1. The Morgan fingerprint density at radius 2 is 2.08 bits per heavy atom. The molecule has 1 aromatic carbocycles. The van der Waals surface area contributed by atoms with Gasteiger partial charge >= 0.3 is 5.97 Å². The number of carbonyl (C=O) groups is 1. The van der Waals surface area contributed by atoms with E-state index in [0.717, 1.165) is 55.0 Å². The van der Waals surface area contributed by atoms with Crippen molar-refractivity contribution in [2.45, 2.75) is 6.42 Å². The molecule has 1 saturated heterocycles. The van der Waals surface area contributed by atoms with Crippen LogP contribution < -0.4 is 0 Å². The Morgan fingerprint density at radius 1 is 1.33 bits per heavy atom. The van der Waals surface area contributed by atoms with E-state index >= 15 is 0 Å². The Morgan fingerprint density at radius 3 is 2.71 bits per heavy atom. The van der Waals surface area contributed by atoms with Crippen molar-refractivity contribution in [3.05, 3.63) is 40.0 Å². The predicted molar refractivity (Wildman–Crippen MR) is 94.3 cm³/mol. The summed E-state index contributed by atoms with van der Waals surface area (Å²) in [6, 6.07) is 7.73. The fraction of sp³-hybridized carbons (Fsp3) is 0.412. The number of morpholine rings is 1. The summed E-state index contributed by atoms with van der Waals surface area (Å²) >= 11 is 3.64. The van der Waals surface area contributed by atoms with Crippen LogP contribution in [0.15, 0.2) is 28.7 Å². The summed E-state index contributed by atoms with van der Waals surface area (Å²) in [5, 5.41) is 13.1. The summed E-state index contributed by atoms with van der Waals surface area (Å²) in [5.74, 6) is -1.02. The van der Waals surface area contributed by atoms with Gasteiger partial charge in [-0.1, -0.05) is 28.1 Å². The lowest BCUT2D eigenvalue weighted by Crippen LogP contribution is -2.37. The lowest BCUT2D eigenvalue weighted by Gasteiger charge is -2.26. The van der Waals surface area contributed by atoms with Gasteiger partial charge in [-0.05, 0) is 24.1 Å². The van der Waals surface area contributed by atoms with Gasteiger partial charge in [-0.3, -0.25) is 9.58 Å². The van der Waals surface area contributed by atoms with Crippen molar-refractivity contribution >= 4 is 21.9 Å². The van der Waals surface area contributed by atoms with Gasteiger partial charge in [0.05, 0.1) is 18.9 Å². The summed E-state index contributed by atoms with van der Waals surface area (Å²) in [6.45, 7) is 4.61. The van der Waals surface area contributed by atoms with E-state index in [-0.39, 0.29) is 5.69 Å². The number of halogens is 1. The van der Waals surface area contributed by atoms with Crippen LogP contribution in [0.4, 0.5) is 0 Å². The van der Waals surface area contributed by atoms with Crippen LogP contribution in [0.5, 0.6) is 0 Å². The van der Waals surface area contributed by atoms with Crippen LogP contribution in [0.25, 0.3) is 11.3 Å². The van der Waals surface area contributed by atoms with Gasteiger partial charge in [-0.2, -0.15) is 5.10 Å². The molecule has 0 saturated carbocycles. The topological polar surface area (TPSA) is 67.6 Å². The quantitative estimate of drug-likeness (QED) is 0.844. The number of hydrogen-bond acceptors (Lipinski definition) is 4. The molecule has 24 heavy (non-hydrogen) atoms. The van der Waals surface area contributed by atoms with E-state index < -0.39 is 5.97 Å². The van der Waals surface area contributed by atoms with Crippen molar-refractivity contribution in [1.29, 1.82) is 0 Å². The van der Waals surface area contributed by atoms with Crippen LogP contribution in [0.2, 0.25) is 0 Å². The van der Waals surface area contributed by atoms with Crippen LogP contribution in [-0.4, -0.2) is 58.6 Å². The van der Waals surface area contributed by atoms with Gasteiger partial charge in [0.1, 0.15) is 0 Å². The third-order valence-electron chi connectivity index (χ3n) is 4.25. The maximum Gasteiger partial charge on any atom is 0.356 e. The van der Waals surface area contributed by atoms with E-state index in [9.17, 15) is 4.79 Å². The molecule has 0 atom stereocenters. The van der Waals surface area contributed by atoms with Crippen molar-refractivity contribution in [3.8, 4) is 11.3 Å². The Hall–Kier alpha value is -1.70. The normalized spacial score (nSPS) is 15.6. The fourth-order valence-electron chi connectivity index (χ4n) is 2.85. The van der Waals surface area contributed by atoms with Gasteiger partial charge in [0.15, 0.2) is 5.69 Å². The van der Waals surface area contributed by atoms with Crippen molar-refractivity contribution in [3.63, 3.8) is 0 Å². The van der Waals surface area contributed by atoms with Gasteiger partial charge in [0, 0.05) is 36.7 Å². The van der Waals surface area contributed by atoms with Gasteiger partial charge in [-0.25, -0.2) is 4.79 Å². The maximum absolute atomic E-state index is 11.1. The Kier molecular flexibility index (Phi) is 5.33. The van der Waals surface area contributed by atoms with Crippen LogP contribution in [0.1, 0.15) is 16.1 Å². The first kappa shape index (κ1) is 17.1. The number of benzene rings is 1. The Balaban J connectivity index is 1.73. The van der Waals surface area contributed by atoms with Crippen molar-refractivity contribution in [1.82, 2.24) is 14.7 Å². The first-order valence-electron chi connectivity index (χ1n) is 7.91. The Labute approximate surface area is 149 Å². The highest BCUT2D eigenvalue weighted by molar-refractivity contribution is 9.10. The monoisotopic (exact) mass is 393 g/mol. The molecule has 0 spiro atoms. The fourth-order valence-corrected chi connectivity index (χ4v) is 3.43. The summed E-state index contributed by atoms with van der Waals surface area (Å²) < 4.78 is 8.00. The van der Waals surface area contributed by atoms with E-state index in [1.54, 1.807) is 17.8 Å². The molecule has 1 aliphatic heterocycles. The van der Waals surface area contributed by atoms with Crippen LogP contribution in [0, 0.1) is 0 Å². The summed E-state index contributed by atoms with van der Waals surface area (Å²) in [4.78, 5) is 13.5. The minimum atomic E-state index is -1.02. The van der Waals surface area contributed by atoms with Crippen molar-refractivity contribution < 1.29 is 14.6 Å². The lowest BCUT2D eigenvalue weighted by atomic mass is 10.1. The van der Waals surface area contributed by atoms with Gasteiger partial charge in [0.2, 0.25) is 0 Å². The molecule has 1 aliphatic rings. The molecular formula is C17H20BrN3O3. The highest BCUT2D eigenvalue weighted by Crippen LogP contribution is 2.27. The van der Waals surface area contributed by atoms with E-state index in [2.05, 4.69) is 32.0 Å². The number of aromatic nitrogens is 2. The standard InChI is InChI=1S/C17H20BrN3O3/c1-20-16(11-15(19-20)17(22)23)13-3-2-12(14(18)10-13)4-5-21-6-8-24-9-7-21/h2-3,10-11H,4-9H2,1H3,(H,22,23). The molecule has 0 radical (unpaired) electrons. The average Bonchev–Trinajstić information content (AvgIpc) is 2.97. The molecule has 128 valence electrons.